The van der Waals surface area contributed by atoms with E-state index in [9.17, 15) is 0 Å². The number of hydrogen-bond donors (Lipinski definition) is 0. The molecule has 0 amide bonds. The average molecular weight is 208 g/mol. The Morgan fingerprint density at radius 3 is 2.31 bits per heavy atom. The molecule has 0 radical (unpaired) electrons. The average Bonchev–Trinajstić information content (AvgIpc) is 2.38. The van der Waals surface area contributed by atoms with E-state index in [0.29, 0.717) is 0 Å². The molecule has 1 heteroatoms. The molecule has 0 nitrogen and oxygen atoms in total. The van der Waals surface area contributed by atoms with Crippen LogP contribution in [0.25, 0.3) is 11.0 Å². The Bertz CT molecular complexity index is 460. The Morgan fingerprint density at radius 1 is 0.938 bits per heavy atom. The van der Waals surface area contributed by atoms with Crippen molar-refractivity contribution >= 4 is 6.91 Å². The molecular weight excluding hydrogens is 191 g/mol. The molecule has 0 N–H and O–H groups in total. The maximum absolute atomic E-state index is 2.24. The van der Waals surface area contributed by atoms with E-state index in [1.165, 1.54) is 22.1 Å². The van der Waals surface area contributed by atoms with Crippen LogP contribution < -0.4 is 0 Å². The zero-order valence-electron chi connectivity index (χ0n) is 10.0. The Kier molecular flexibility index (Phi) is 3.56. The molecule has 0 unspecified atom stereocenters. The summed E-state index contributed by atoms with van der Waals surface area (Å²) in [6, 6.07) is 12.9. The Labute approximate surface area is 98.5 Å². The third-order valence-electron chi connectivity index (χ3n) is 3.09. The minimum atomic E-state index is 1.11. The fourth-order valence-electron chi connectivity index (χ4n) is 2.27. The summed E-state index contributed by atoms with van der Waals surface area (Å²) in [4.78, 5) is 0. The molecule has 1 heterocycles. The second-order valence-electron chi connectivity index (χ2n) is 4.02. The molecule has 2 aromatic rings. The number of rotatable bonds is 3. The second-order valence-corrected chi connectivity index (χ2v) is 4.02. The Balaban J connectivity index is 2.57. The van der Waals surface area contributed by atoms with Crippen LogP contribution in [0.2, 0.25) is 0 Å². The van der Waals surface area contributed by atoms with Gasteiger partial charge in [0.25, 0.3) is 0 Å². The van der Waals surface area contributed by atoms with Crippen LogP contribution in [0.5, 0.6) is 0 Å². The molecule has 1 aromatic heterocycles. The molecule has 2 rings (SSSR count). The van der Waals surface area contributed by atoms with Crippen molar-refractivity contribution in [3.63, 3.8) is 0 Å². The third-order valence-corrected chi connectivity index (χ3v) is 3.09. The first-order chi connectivity index (χ1) is 7.86. The van der Waals surface area contributed by atoms with Gasteiger partial charge in [-0.1, -0.05) is 0 Å². The molecule has 0 aliphatic rings. The molecule has 0 saturated heterocycles. The Morgan fingerprint density at radius 2 is 1.69 bits per heavy atom. The van der Waals surface area contributed by atoms with Crippen molar-refractivity contribution in [2.75, 3.05) is 0 Å². The molecule has 0 spiro atoms. The quantitative estimate of drug-likeness (QED) is 0.719. The molecule has 0 saturated carbocycles. The van der Waals surface area contributed by atoms with Gasteiger partial charge in [0.2, 0.25) is 0 Å². The predicted molar refractivity (Wildman–Crippen MR) is 72.0 cm³/mol. The minimum absolute atomic E-state index is 1.11. The van der Waals surface area contributed by atoms with Gasteiger partial charge in [0.1, 0.15) is 0 Å². The van der Waals surface area contributed by atoms with Crippen molar-refractivity contribution in [2.45, 2.75) is 26.7 Å². The molecule has 0 aliphatic carbocycles. The summed E-state index contributed by atoms with van der Waals surface area (Å²) >= 11 is 0. The number of benzene rings is 1. The summed E-state index contributed by atoms with van der Waals surface area (Å²) in [6.45, 7) is 6.69. The summed E-state index contributed by atoms with van der Waals surface area (Å²) in [5.41, 5.74) is 5.69. The zero-order chi connectivity index (χ0) is 11.4. The first-order valence-corrected chi connectivity index (χ1v) is 6.03. The van der Waals surface area contributed by atoms with Crippen LogP contribution in [0.15, 0.2) is 42.4 Å². The van der Waals surface area contributed by atoms with Crippen LogP contribution in [0.4, 0.5) is 0 Å². The van der Waals surface area contributed by atoms with Gasteiger partial charge >= 0.3 is 98.1 Å². The zero-order valence-corrected chi connectivity index (χ0v) is 10.0. The van der Waals surface area contributed by atoms with Crippen LogP contribution in [0.1, 0.15) is 25.0 Å². The van der Waals surface area contributed by atoms with Gasteiger partial charge in [-0.2, -0.15) is 0 Å². The van der Waals surface area contributed by atoms with Crippen molar-refractivity contribution < 1.29 is 0 Å². The van der Waals surface area contributed by atoms with Gasteiger partial charge < -0.3 is 0 Å². The van der Waals surface area contributed by atoms with E-state index < -0.39 is 0 Å². The van der Waals surface area contributed by atoms with E-state index in [4.69, 9.17) is 0 Å². The summed E-state index contributed by atoms with van der Waals surface area (Å²) in [7, 11) is 0. The molecule has 0 atom stereocenters. The van der Waals surface area contributed by atoms with E-state index in [2.05, 4.69) is 63.1 Å². The van der Waals surface area contributed by atoms with Gasteiger partial charge in [0.15, 0.2) is 0 Å². The van der Waals surface area contributed by atoms with Crippen molar-refractivity contribution in [1.29, 1.82) is 0 Å². The first kappa shape index (κ1) is 11.1. The van der Waals surface area contributed by atoms with Gasteiger partial charge in [-0.15, -0.1) is 0 Å². The third kappa shape index (κ3) is 2.09. The SMILES string of the molecule is CCc1ccbc(-c2ccccc2)c1CC. The Hall–Kier alpha value is -1.37. The van der Waals surface area contributed by atoms with E-state index in [0.717, 1.165) is 12.8 Å². The molecular formula is C15H17B. The molecule has 0 aliphatic heterocycles. The van der Waals surface area contributed by atoms with Crippen molar-refractivity contribution in [2.24, 2.45) is 0 Å². The van der Waals surface area contributed by atoms with E-state index in [1.807, 2.05) is 0 Å². The van der Waals surface area contributed by atoms with Gasteiger partial charge in [0.05, 0.1) is 0 Å². The van der Waals surface area contributed by atoms with Crippen LogP contribution in [0.3, 0.4) is 0 Å². The summed E-state index contributed by atoms with van der Waals surface area (Å²) < 4.78 is 0. The fraction of sp³-hybridized carbons (Fsp3) is 0.267. The molecule has 80 valence electrons. The van der Waals surface area contributed by atoms with Gasteiger partial charge in [0, 0.05) is 0 Å². The van der Waals surface area contributed by atoms with Crippen LogP contribution in [-0.2, 0) is 12.8 Å². The summed E-state index contributed by atoms with van der Waals surface area (Å²) in [6.07, 6.45) is 2.22. The number of hydrogen-bond acceptors (Lipinski definition) is 0. The van der Waals surface area contributed by atoms with Crippen molar-refractivity contribution in [3.8, 4) is 11.0 Å². The van der Waals surface area contributed by atoms with Crippen LogP contribution in [0, 0.1) is 0 Å². The summed E-state index contributed by atoms with van der Waals surface area (Å²) in [5.74, 6) is 2.17. The van der Waals surface area contributed by atoms with Crippen LogP contribution >= 0.6 is 0 Å². The van der Waals surface area contributed by atoms with Gasteiger partial charge in [-0.3, -0.25) is 0 Å². The predicted octanol–water partition coefficient (Wildman–Crippen LogP) is 3.82. The summed E-state index contributed by atoms with van der Waals surface area (Å²) in [5, 5.41) is 0. The first-order valence-electron chi connectivity index (χ1n) is 6.03. The number of aryl methyl sites for hydroxylation is 1. The molecule has 0 bridgehead atoms. The van der Waals surface area contributed by atoms with Gasteiger partial charge in [-0.05, 0) is 0 Å². The van der Waals surface area contributed by atoms with E-state index in [-0.39, 0.29) is 0 Å². The van der Waals surface area contributed by atoms with Crippen LogP contribution in [-0.4, -0.2) is 6.91 Å². The molecule has 1 aromatic carbocycles. The van der Waals surface area contributed by atoms with Crippen molar-refractivity contribution in [1.82, 2.24) is 0 Å². The fourth-order valence-corrected chi connectivity index (χ4v) is 2.27. The maximum atomic E-state index is 2.24. The topological polar surface area (TPSA) is 0 Å². The van der Waals surface area contributed by atoms with Crippen molar-refractivity contribution in [3.05, 3.63) is 53.5 Å². The van der Waals surface area contributed by atoms with Gasteiger partial charge in [-0.25, -0.2) is 0 Å². The van der Waals surface area contributed by atoms with E-state index in [1.54, 1.807) is 0 Å². The molecule has 0 fully saturated rings. The monoisotopic (exact) mass is 208 g/mol. The normalized spacial score (nSPS) is 10.1. The van der Waals surface area contributed by atoms with E-state index >= 15 is 0 Å². The standard InChI is InChI=1S/C15H17B/c1-3-12-10-11-16-15(14(12)4-2)13-8-6-5-7-9-13/h5-11H,3-4H2,1-2H3. The molecule has 16 heavy (non-hydrogen) atoms. The second kappa shape index (κ2) is 5.11.